The summed E-state index contributed by atoms with van der Waals surface area (Å²) in [5.74, 6) is 0.0699. The Morgan fingerprint density at radius 2 is 1.94 bits per heavy atom. The molecule has 1 aliphatic carbocycles. The lowest BCUT2D eigenvalue weighted by Gasteiger charge is -2.46. The van der Waals surface area contributed by atoms with E-state index in [4.69, 9.17) is 4.74 Å². The first-order valence-corrected chi connectivity index (χ1v) is 6.38. The Labute approximate surface area is 96.2 Å². The number of amides is 1. The van der Waals surface area contributed by atoms with E-state index < -0.39 is 0 Å². The van der Waals surface area contributed by atoms with E-state index in [0.717, 1.165) is 32.3 Å². The minimum atomic E-state index is -0.0386. The highest BCUT2D eigenvalue weighted by Gasteiger charge is 2.44. The first-order chi connectivity index (χ1) is 7.72. The molecule has 88 valence electrons. The minimum Gasteiger partial charge on any atom is -0.375 e. The molecule has 2 heterocycles. The molecule has 0 radical (unpaired) electrons. The lowest BCUT2D eigenvalue weighted by molar-refractivity contribution is -0.121. The largest absolute Gasteiger partial charge is 0.375 e. The molecule has 0 unspecified atom stereocenters. The van der Waals surface area contributed by atoms with Gasteiger partial charge < -0.3 is 10.1 Å². The third kappa shape index (κ3) is 1.67. The Balaban J connectivity index is 1.67. The molecule has 0 aromatic carbocycles. The molecule has 0 aromatic heterocycles. The summed E-state index contributed by atoms with van der Waals surface area (Å²) < 4.78 is 6.00. The zero-order valence-electron chi connectivity index (χ0n) is 9.63. The molecule has 3 nitrogen and oxygen atoms in total. The van der Waals surface area contributed by atoms with E-state index in [9.17, 15) is 4.79 Å². The summed E-state index contributed by atoms with van der Waals surface area (Å²) in [6, 6.07) is 0. The molecule has 0 bridgehead atoms. The van der Waals surface area contributed by atoms with Crippen molar-refractivity contribution in [2.24, 2.45) is 0 Å². The van der Waals surface area contributed by atoms with Gasteiger partial charge in [0.25, 0.3) is 0 Å². The van der Waals surface area contributed by atoms with Gasteiger partial charge in [0.2, 0.25) is 5.91 Å². The van der Waals surface area contributed by atoms with Crippen LogP contribution in [0.2, 0.25) is 0 Å². The van der Waals surface area contributed by atoms with E-state index in [-0.39, 0.29) is 17.0 Å². The molecular weight excluding hydrogens is 202 g/mol. The number of hydrogen-bond acceptors (Lipinski definition) is 2. The van der Waals surface area contributed by atoms with Crippen molar-refractivity contribution in [1.82, 2.24) is 5.32 Å². The van der Waals surface area contributed by atoms with E-state index in [2.05, 4.69) is 11.4 Å². The van der Waals surface area contributed by atoms with E-state index in [1.807, 2.05) is 0 Å². The number of carbonyl (C=O) groups excluding carboxylic acids is 1. The third-order valence-electron chi connectivity index (χ3n) is 4.41. The van der Waals surface area contributed by atoms with Crippen molar-refractivity contribution in [2.45, 2.75) is 56.1 Å². The number of rotatable bonds is 0. The maximum Gasteiger partial charge on any atom is 0.244 e. The summed E-state index contributed by atoms with van der Waals surface area (Å²) in [7, 11) is 0. The second-order valence-corrected chi connectivity index (χ2v) is 5.47. The molecule has 2 spiro atoms. The molecule has 1 amide bonds. The summed E-state index contributed by atoms with van der Waals surface area (Å²) in [6.07, 6.45) is 11.7. The van der Waals surface area contributed by atoms with Crippen molar-refractivity contribution in [2.75, 3.05) is 6.61 Å². The minimum absolute atomic E-state index is 0.0386. The van der Waals surface area contributed by atoms with Crippen LogP contribution in [-0.2, 0) is 9.53 Å². The SMILES string of the molecule is O=C1C=CC2(CCC3(CCCCO3)CC2)N1. The second-order valence-electron chi connectivity index (χ2n) is 5.47. The van der Waals surface area contributed by atoms with Crippen LogP contribution in [0.1, 0.15) is 44.9 Å². The fraction of sp³-hybridized carbons (Fsp3) is 0.769. The quantitative estimate of drug-likeness (QED) is 0.678. The topological polar surface area (TPSA) is 38.3 Å². The molecule has 2 fully saturated rings. The Hall–Kier alpha value is -0.830. The lowest BCUT2D eigenvalue weighted by Crippen LogP contribution is -2.51. The van der Waals surface area contributed by atoms with E-state index >= 15 is 0 Å². The van der Waals surface area contributed by atoms with Gasteiger partial charge in [-0.2, -0.15) is 0 Å². The van der Waals surface area contributed by atoms with Crippen molar-refractivity contribution in [1.29, 1.82) is 0 Å². The average Bonchev–Trinajstić information content (AvgIpc) is 2.67. The Morgan fingerprint density at radius 1 is 1.12 bits per heavy atom. The van der Waals surface area contributed by atoms with Gasteiger partial charge in [0, 0.05) is 12.7 Å². The van der Waals surface area contributed by atoms with Gasteiger partial charge in [-0.05, 0) is 44.9 Å². The predicted molar refractivity (Wildman–Crippen MR) is 61.0 cm³/mol. The van der Waals surface area contributed by atoms with Crippen molar-refractivity contribution in [3.63, 3.8) is 0 Å². The van der Waals surface area contributed by atoms with Gasteiger partial charge in [0.1, 0.15) is 0 Å². The van der Waals surface area contributed by atoms with Crippen LogP contribution >= 0.6 is 0 Å². The van der Waals surface area contributed by atoms with Crippen LogP contribution in [0, 0.1) is 0 Å². The van der Waals surface area contributed by atoms with Gasteiger partial charge in [-0.15, -0.1) is 0 Å². The second kappa shape index (κ2) is 3.59. The van der Waals surface area contributed by atoms with Gasteiger partial charge in [-0.25, -0.2) is 0 Å². The molecule has 0 atom stereocenters. The fourth-order valence-electron chi connectivity index (χ4n) is 3.31. The highest BCUT2D eigenvalue weighted by atomic mass is 16.5. The van der Waals surface area contributed by atoms with Gasteiger partial charge in [-0.1, -0.05) is 6.08 Å². The van der Waals surface area contributed by atoms with Crippen LogP contribution in [0.5, 0.6) is 0 Å². The van der Waals surface area contributed by atoms with Crippen LogP contribution in [-0.4, -0.2) is 23.7 Å². The van der Waals surface area contributed by atoms with E-state index in [0.29, 0.717) is 0 Å². The van der Waals surface area contributed by atoms with E-state index in [1.165, 1.54) is 19.3 Å². The Morgan fingerprint density at radius 3 is 2.50 bits per heavy atom. The molecule has 1 saturated carbocycles. The summed E-state index contributed by atoms with van der Waals surface area (Å²) in [5.41, 5.74) is 0.105. The number of nitrogens with one attached hydrogen (secondary N) is 1. The van der Waals surface area contributed by atoms with Crippen LogP contribution < -0.4 is 5.32 Å². The van der Waals surface area contributed by atoms with Crippen molar-refractivity contribution >= 4 is 5.91 Å². The standard InChI is InChI=1S/C13H19NO2/c15-11-3-5-12(14-11)6-8-13(9-7-12)4-1-2-10-16-13/h3,5H,1-2,4,6-10H2,(H,14,15). The number of carbonyl (C=O) groups is 1. The van der Waals surface area contributed by atoms with Gasteiger partial charge in [0.05, 0.1) is 11.1 Å². The predicted octanol–water partition coefficient (Wildman–Crippen LogP) is 1.92. The van der Waals surface area contributed by atoms with Crippen molar-refractivity contribution in [3.8, 4) is 0 Å². The first-order valence-electron chi connectivity index (χ1n) is 6.38. The zero-order chi connectivity index (χ0) is 11.1. The maximum atomic E-state index is 11.3. The van der Waals surface area contributed by atoms with Crippen molar-refractivity contribution in [3.05, 3.63) is 12.2 Å². The summed E-state index contributed by atoms with van der Waals surface area (Å²) in [4.78, 5) is 11.3. The molecule has 1 saturated heterocycles. The van der Waals surface area contributed by atoms with Crippen molar-refractivity contribution < 1.29 is 9.53 Å². The van der Waals surface area contributed by atoms with Crippen LogP contribution in [0.15, 0.2) is 12.2 Å². The molecule has 3 rings (SSSR count). The van der Waals surface area contributed by atoms with Crippen LogP contribution in [0.25, 0.3) is 0 Å². The molecular formula is C13H19NO2. The van der Waals surface area contributed by atoms with E-state index in [1.54, 1.807) is 6.08 Å². The molecule has 1 N–H and O–H groups in total. The highest BCUT2D eigenvalue weighted by molar-refractivity contribution is 5.91. The fourth-order valence-corrected chi connectivity index (χ4v) is 3.31. The smallest absolute Gasteiger partial charge is 0.244 e. The molecule has 2 aliphatic heterocycles. The number of hydrogen-bond donors (Lipinski definition) is 1. The van der Waals surface area contributed by atoms with Gasteiger partial charge >= 0.3 is 0 Å². The zero-order valence-corrected chi connectivity index (χ0v) is 9.63. The molecule has 3 aliphatic rings. The third-order valence-corrected chi connectivity index (χ3v) is 4.41. The maximum absolute atomic E-state index is 11.3. The highest BCUT2D eigenvalue weighted by Crippen LogP contribution is 2.43. The average molecular weight is 221 g/mol. The molecule has 3 heteroatoms. The Kier molecular flexibility index (Phi) is 2.32. The van der Waals surface area contributed by atoms with Gasteiger partial charge in [-0.3, -0.25) is 4.79 Å². The summed E-state index contributed by atoms with van der Waals surface area (Å²) in [5, 5.41) is 3.09. The monoisotopic (exact) mass is 221 g/mol. The molecule has 16 heavy (non-hydrogen) atoms. The number of ether oxygens (including phenoxy) is 1. The Bertz CT molecular complexity index is 319. The lowest BCUT2D eigenvalue weighted by atomic mass is 9.72. The first kappa shape index (κ1) is 10.3. The summed E-state index contributed by atoms with van der Waals surface area (Å²) >= 11 is 0. The van der Waals surface area contributed by atoms with Crippen LogP contribution in [0.3, 0.4) is 0 Å². The van der Waals surface area contributed by atoms with Gasteiger partial charge in [0.15, 0.2) is 0 Å². The normalized spacial score (nSPS) is 42.9. The van der Waals surface area contributed by atoms with Crippen LogP contribution in [0.4, 0.5) is 0 Å². The molecule has 0 aromatic rings. The summed E-state index contributed by atoms with van der Waals surface area (Å²) in [6.45, 7) is 0.926.